The van der Waals surface area contributed by atoms with Crippen molar-refractivity contribution in [2.45, 2.75) is 32.4 Å². The molecule has 1 fully saturated rings. The molecule has 0 saturated heterocycles. The molecule has 2 N–H and O–H groups in total. The molecule has 0 radical (unpaired) electrons. The van der Waals surface area contributed by atoms with Gasteiger partial charge in [0.15, 0.2) is 5.96 Å². The average molecular weight is 367 g/mol. The van der Waals surface area contributed by atoms with Gasteiger partial charge >= 0.3 is 6.09 Å². The Bertz CT molecular complexity index is 604. The maximum Gasteiger partial charge on any atom is 0.407 e. The number of benzene rings is 1. The van der Waals surface area contributed by atoms with E-state index in [1.54, 1.807) is 14.0 Å². The molecule has 0 aromatic heterocycles. The van der Waals surface area contributed by atoms with Crippen molar-refractivity contribution >= 4 is 23.7 Å². The Morgan fingerprint density at radius 1 is 1.44 bits per heavy atom. The van der Waals surface area contributed by atoms with E-state index in [2.05, 4.69) is 15.6 Å². The molecule has 0 aliphatic heterocycles. The van der Waals surface area contributed by atoms with Gasteiger partial charge in [0.2, 0.25) is 0 Å². The number of nitrogens with zero attached hydrogens (tertiary/aromatic N) is 2. The van der Waals surface area contributed by atoms with Crippen molar-refractivity contribution in [1.29, 1.82) is 0 Å². The van der Waals surface area contributed by atoms with Crippen molar-refractivity contribution in [3.8, 4) is 0 Å². The molecule has 0 bridgehead atoms. The molecule has 1 aliphatic rings. The van der Waals surface area contributed by atoms with Crippen LogP contribution in [-0.4, -0.2) is 50.2 Å². The average Bonchev–Trinajstić information content (AvgIpc) is 3.41. The number of guanidine groups is 1. The zero-order chi connectivity index (χ0) is 18.2. The summed E-state index contributed by atoms with van der Waals surface area (Å²) in [5.74, 6) is 1.26. The number of alkyl carbamates (subject to hydrolysis) is 1. The van der Waals surface area contributed by atoms with Crippen LogP contribution >= 0.6 is 11.6 Å². The predicted molar refractivity (Wildman–Crippen MR) is 101 cm³/mol. The number of nitrogens with one attached hydrogen (secondary N) is 2. The van der Waals surface area contributed by atoms with Gasteiger partial charge in [-0.05, 0) is 37.3 Å². The summed E-state index contributed by atoms with van der Waals surface area (Å²) in [7, 11) is 3.71. The molecule has 2 rings (SSSR count). The van der Waals surface area contributed by atoms with Gasteiger partial charge in [-0.25, -0.2) is 4.79 Å². The van der Waals surface area contributed by atoms with E-state index < -0.39 is 0 Å². The lowest BCUT2D eigenvalue weighted by atomic mass is 10.2. The van der Waals surface area contributed by atoms with Crippen molar-refractivity contribution in [3.63, 3.8) is 0 Å². The fraction of sp³-hybridized carbons (Fsp3) is 0.556. The Labute approximate surface area is 154 Å². The van der Waals surface area contributed by atoms with Gasteiger partial charge in [0, 0.05) is 32.2 Å². The molecule has 1 aromatic carbocycles. The maximum atomic E-state index is 11.7. The van der Waals surface area contributed by atoms with E-state index in [1.165, 1.54) is 0 Å². The first-order valence-corrected chi connectivity index (χ1v) is 9.01. The third-order valence-electron chi connectivity index (χ3n) is 4.19. The summed E-state index contributed by atoms with van der Waals surface area (Å²) in [5.41, 5.74) is 1.04. The van der Waals surface area contributed by atoms with Crippen molar-refractivity contribution in [2.75, 3.05) is 27.2 Å². The minimum absolute atomic E-state index is 0.0458. The minimum Gasteiger partial charge on any atom is -0.450 e. The molecule has 1 amide bonds. The molecule has 0 spiro atoms. The number of aliphatic imine (C=N–C) groups is 1. The second kappa shape index (κ2) is 9.51. The third kappa shape index (κ3) is 6.12. The molecule has 1 unspecified atom stereocenters. The fourth-order valence-electron chi connectivity index (χ4n) is 2.70. The van der Waals surface area contributed by atoms with Crippen molar-refractivity contribution in [1.82, 2.24) is 15.5 Å². The van der Waals surface area contributed by atoms with Crippen molar-refractivity contribution < 1.29 is 9.53 Å². The summed E-state index contributed by atoms with van der Waals surface area (Å²) in [6.45, 7) is 3.44. The molecule has 1 aromatic rings. The lowest BCUT2D eigenvalue weighted by Crippen LogP contribution is -2.48. The standard InChI is InChI=1S/C18H27ClN4O2/c1-4-25-18(24)22-16(13-9-10-13)11-21-17(20-2)23(3)12-14-7-5-6-8-15(14)19/h5-8,13,16H,4,9-12H2,1-3H3,(H,20,21)(H,22,24). The fourth-order valence-corrected chi connectivity index (χ4v) is 2.90. The van der Waals surface area contributed by atoms with Crippen LogP contribution in [0.1, 0.15) is 25.3 Å². The highest BCUT2D eigenvalue weighted by Gasteiger charge is 2.32. The van der Waals surface area contributed by atoms with Gasteiger partial charge in [-0.2, -0.15) is 0 Å². The number of ether oxygens (including phenoxy) is 1. The smallest absolute Gasteiger partial charge is 0.407 e. The topological polar surface area (TPSA) is 66.0 Å². The lowest BCUT2D eigenvalue weighted by Gasteiger charge is -2.25. The Hall–Kier alpha value is -1.95. The summed E-state index contributed by atoms with van der Waals surface area (Å²) in [6, 6.07) is 7.82. The van der Waals surface area contributed by atoms with Gasteiger partial charge in [0.05, 0.1) is 12.6 Å². The highest BCUT2D eigenvalue weighted by molar-refractivity contribution is 6.31. The van der Waals surface area contributed by atoms with Crippen molar-refractivity contribution in [3.05, 3.63) is 34.9 Å². The Balaban J connectivity index is 1.89. The van der Waals surface area contributed by atoms with Crippen LogP contribution in [0.15, 0.2) is 29.3 Å². The second-order valence-corrected chi connectivity index (χ2v) is 6.59. The SMILES string of the molecule is CCOC(=O)NC(CNC(=NC)N(C)Cc1ccccc1Cl)C1CC1. The van der Waals surface area contributed by atoms with Crippen molar-refractivity contribution in [2.24, 2.45) is 10.9 Å². The molecule has 138 valence electrons. The van der Waals surface area contributed by atoms with Crippen LogP contribution in [0.3, 0.4) is 0 Å². The molecular weight excluding hydrogens is 340 g/mol. The van der Waals surface area contributed by atoms with Gasteiger partial charge < -0.3 is 20.3 Å². The van der Waals surface area contributed by atoms with Gasteiger partial charge in [-0.15, -0.1) is 0 Å². The highest BCUT2D eigenvalue weighted by atomic mass is 35.5. The zero-order valence-electron chi connectivity index (χ0n) is 15.1. The van der Waals surface area contributed by atoms with Crippen LogP contribution in [0.25, 0.3) is 0 Å². The number of amides is 1. The Kier molecular flexibility index (Phi) is 7.37. The van der Waals surface area contributed by atoms with Crippen LogP contribution in [-0.2, 0) is 11.3 Å². The quantitative estimate of drug-likeness (QED) is 0.575. The van der Waals surface area contributed by atoms with Gasteiger partial charge in [0.25, 0.3) is 0 Å². The van der Waals surface area contributed by atoms with E-state index in [1.807, 2.05) is 36.2 Å². The summed E-state index contributed by atoms with van der Waals surface area (Å²) in [4.78, 5) is 18.0. The monoisotopic (exact) mass is 366 g/mol. The van der Waals surface area contributed by atoms with Crippen LogP contribution in [0.2, 0.25) is 5.02 Å². The number of halogens is 1. The Morgan fingerprint density at radius 2 is 2.16 bits per heavy atom. The van der Waals surface area contributed by atoms with Crippen LogP contribution < -0.4 is 10.6 Å². The molecule has 0 heterocycles. The normalized spacial score (nSPS) is 15.4. The largest absolute Gasteiger partial charge is 0.450 e. The van der Waals surface area contributed by atoms with E-state index >= 15 is 0 Å². The minimum atomic E-state index is -0.361. The van der Waals surface area contributed by atoms with E-state index in [4.69, 9.17) is 16.3 Å². The zero-order valence-corrected chi connectivity index (χ0v) is 15.8. The van der Waals surface area contributed by atoms with Gasteiger partial charge in [-0.1, -0.05) is 29.8 Å². The summed E-state index contributed by atoms with van der Waals surface area (Å²) in [6.07, 6.45) is 1.90. The van der Waals surface area contributed by atoms with Gasteiger partial charge in [-0.3, -0.25) is 4.99 Å². The molecular formula is C18H27ClN4O2. The Morgan fingerprint density at radius 3 is 2.76 bits per heavy atom. The third-order valence-corrected chi connectivity index (χ3v) is 4.56. The molecule has 7 heteroatoms. The predicted octanol–water partition coefficient (Wildman–Crippen LogP) is 2.87. The van der Waals surface area contributed by atoms with Crippen LogP contribution in [0.4, 0.5) is 4.79 Å². The first kappa shape index (κ1) is 19.4. The molecule has 6 nitrogen and oxygen atoms in total. The second-order valence-electron chi connectivity index (χ2n) is 6.18. The van der Waals surface area contributed by atoms with E-state index in [0.717, 1.165) is 29.4 Å². The lowest BCUT2D eigenvalue weighted by molar-refractivity contribution is 0.146. The van der Waals surface area contributed by atoms with E-state index in [0.29, 0.717) is 25.6 Å². The molecule has 1 saturated carbocycles. The number of rotatable bonds is 7. The van der Waals surface area contributed by atoms with Crippen LogP contribution in [0, 0.1) is 5.92 Å². The van der Waals surface area contributed by atoms with E-state index in [-0.39, 0.29) is 12.1 Å². The van der Waals surface area contributed by atoms with Gasteiger partial charge in [0.1, 0.15) is 0 Å². The molecule has 1 aliphatic carbocycles. The number of hydrogen-bond acceptors (Lipinski definition) is 3. The molecule has 25 heavy (non-hydrogen) atoms. The number of hydrogen-bond donors (Lipinski definition) is 2. The first-order valence-electron chi connectivity index (χ1n) is 8.63. The number of carbonyl (C=O) groups is 1. The summed E-state index contributed by atoms with van der Waals surface area (Å²) >= 11 is 6.23. The number of carbonyl (C=O) groups excluding carboxylic acids is 1. The maximum absolute atomic E-state index is 11.7. The van der Waals surface area contributed by atoms with E-state index in [9.17, 15) is 4.79 Å². The highest BCUT2D eigenvalue weighted by Crippen LogP contribution is 2.32. The molecule has 1 atom stereocenters. The van der Waals surface area contributed by atoms with Crippen LogP contribution in [0.5, 0.6) is 0 Å². The first-order chi connectivity index (χ1) is 12.0. The summed E-state index contributed by atoms with van der Waals surface area (Å²) in [5, 5.41) is 7.02. The summed E-state index contributed by atoms with van der Waals surface area (Å²) < 4.78 is 4.99.